The predicted octanol–water partition coefficient (Wildman–Crippen LogP) is 2.53. The van der Waals surface area contributed by atoms with Gasteiger partial charge in [-0.05, 0) is 48.5 Å². The number of carbonyl (C=O) groups excluding carboxylic acids is 2. The number of amides is 2. The summed E-state index contributed by atoms with van der Waals surface area (Å²) < 4.78 is 51.9. The molecular formula is C20H20BrFN2O6S. The van der Waals surface area contributed by atoms with Gasteiger partial charge >= 0.3 is 0 Å². The number of carbonyl (C=O) groups is 2. The van der Waals surface area contributed by atoms with E-state index in [0.717, 1.165) is 21.3 Å². The number of sulfonamides is 1. The Morgan fingerprint density at radius 1 is 1.10 bits per heavy atom. The van der Waals surface area contributed by atoms with Crippen LogP contribution < -0.4 is 4.90 Å². The third-order valence-corrected chi connectivity index (χ3v) is 7.25. The maximum atomic E-state index is 13.4. The number of hydrogen-bond acceptors (Lipinski definition) is 6. The third kappa shape index (κ3) is 4.85. The first-order valence-electron chi connectivity index (χ1n) is 9.14. The van der Waals surface area contributed by atoms with E-state index < -0.39 is 40.0 Å². The number of methoxy groups -OCH3 is 2. The third-order valence-electron chi connectivity index (χ3n) is 4.83. The van der Waals surface area contributed by atoms with Crippen molar-refractivity contribution < 1.29 is 31.9 Å². The van der Waals surface area contributed by atoms with Gasteiger partial charge in [0, 0.05) is 18.7 Å². The summed E-state index contributed by atoms with van der Waals surface area (Å²) >= 11 is 3.25. The Hall–Kier alpha value is -2.18. The quantitative estimate of drug-likeness (QED) is 0.397. The first-order chi connectivity index (χ1) is 14.7. The van der Waals surface area contributed by atoms with E-state index in [2.05, 4.69) is 15.9 Å². The molecular weight excluding hydrogens is 495 g/mol. The van der Waals surface area contributed by atoms with Crippen LogP contribution in [0, 0.1) is 5.82 Å². The van der Waals surface area contributed by atoms with Gasteiger partial charge in [0.2, 0.25) is 15.9 Å². The molecule has 2 aromatic carbocycles. The fourth-order valence-electron chi connectivity index (χ4n) is 3.23. The molecule has 2 amide bonds. The average molecular weight is 515 g/mol. The Bertz CT molecular complexity index is 1060. The van der Waals surface area contributed by atoms with Gasteiger partial charge in [0.1, 0.15) is 11.9 Å². The van der Waals surface area contributed by atoms with Gasteiger partial charge in [0.15, 0.2) is 6.29 Å². The van der Waals surface area contributed by atoms with E-state index in [1.54, 1.807) is 12.1 Å². The zero-order valence-corrected chi connectivity index (χ0v) is 19.1. The van der Waals surface area contributed by atoms with Crippen LogP contribution >= 0.6 is 15.9 Å². The minimum absolute atomic E-state index is 0.0536. The number of ether oxygens (including phenoxy) is 2. The van der Waals surface area contributed by atoms with Gasteiger partial charge in [-0.15, -0.1) is 0 Å². The van der Waals surface area contributed by atoms with E-state index in [4.69, 9.17) is 9.47 Å². The Kier molecular flexibility index (Phi) is 7.22. The zero-order chi connectivity index (χ0) is 22.8. The summed E-state index contributed by atoms with van der Waals surface area (Å²) in [5, 5.41) is 0. The van der Waals surface area contributed by atoms with E-state index in [9.17, 15) is 22.4 Å². The van der Waals surface area contributed by atoms with Gasteiger partial charge in [0.05, 0.1) is 23.5 Å². The summed E-state index contributed by atoms with van der Waals surface area (Å²) in [6, 6.07) is 9.39. The van der Waals surface area contributed by atoms with Crippen LogP contribution in [0.5, 0.6) is 0 Å². The molecule has 2 aromatic rings. The van der Waals surface area contributed by atoms with Crippen molar-refractivity contribution >= 4 is 43.5 Å². The second-order valence-corrected chi connectivity index (χ2v) is 9.50. The monoisotopic (exact) mass is 514 g/mol. The molecule has 1 atom stereocenters. The second-order valence-electron chi connectivity index (χ2n) is 6.69. The predicted molar refractivity (Wildman–Crippen MR) is 113 cm³/mol. The first-order valence-corrected chi connectivity index (χ1v) is 11.4. The Morgan fingerprint density at radius 2 is 1.68 bits per heavy atom. The van der Waals surface area contributed by atoms with Crippen molar-refractivity contribution in [1.82, 2.24) is 4.31 Å². The molecule has 1 aliphatic heterocycles. The summed E-state index contributed by atoms with van der Waals surface area (Å²) in [6.45, 7) is -0.313. The van der Waals surface area contributed by atoms with Crippen LogP contribution in [-0.2, 0) is 29.1 Å². The SMILES string of the molecule is COC(CN(C1CC(=O)N(c2ccc(F)cc2)C1=O)S(=O)(=O)c1ccc(Br)cc1)OC. The number of benzene rings is 2. The zero-order valence-electron chi connectivity index (χ0n) is 16.7. The van der Waals surface area contributed by atoms with Crippen molar-refractivity contribution in [2.45, 2.75) is 23.6 Å². The van der Waals surface area contributed by atoms with E-state index in [-0.39, 0.29) is 23.5 Å². The summed E-state index contributed by atoms with van der Waals surface area (Å²) in [5.41, 5.74) is 0.162. The smallest absolute Gasteiger partial charge is 0.252 e. The number of nitrogens with zero attached hydrogens (tertiary/aromatic N) is 2. The molecule has 3 rings (SSSR count). The molecule has 11 heteroatoms. The van der Waals surface area contributed by atoms with Crippen LogP contribution in [-0.4, -0.2) is 57.6 Å². The van der Waals surface area contributed by atoms with E-state index in [1.165, 1.54) is 38.5 Å². The van der Waals surface area contributed by atoms with Crippen molar-refractivity contribution in [3.63, 3.8) is 0 Å². The molecule has 0 saturated carbocycles. The molecule has 0 aliphatic carbocycles. The molecule has 166 valence electrons. The van der Waals surface area contributed by atoms with Crippen LogP contribution in [0.15, 0.2) is 57.9 Å². The molecule has 0 aromatic heterocycles. The lowest BCUT2D eigenvalue weighted by Crippen LogP contribution is -2.49. The number of halogens is 2. The van der Waals surface area contributed by atoms with Gasteiger partial charge in [-0.3, -0.25) is 9.59 Å². The van der Waals surface area contributed by atoms with E-state index in [1.807, 2.05) is 0 Å². The summed E-state index contributed by atoms with van der Waals surface area (Å²) in [6.07, 6.45) is -1.33. The minimum atomic E-state index is -4.19. The largest absolute Gasteiger partial charge is 0.354 e. The van der Waals surface area contributed by atoms with E-state index in [0.29, 0.717) is 4.47 Å². The Balaban J connectivity index is 2.01. The maximum absolute atomic E-state index is 13.4. The Morgan fingerprint density at radius 3 is 2.23 bits per heavy atom. The summed E-state index contributed by atoms with van der Waals surface area (Å²) in [4.78, 5) is 26.6. The van der Waals surface area contributed by atoms with Gasteiger partial charge in [-0.2, -0.15) is 4.31 Å². The molecule has 8 nitrogen and oxygen atoms in total. The van der Waals surface area contributed by atoms with Gasteiger partial charge in [-0.1, -0.05) is 15.9 Å². The lowest BCUT2D eigenvalue weighted by atomic mass is 10.2. The number of rotatable bonds is 8. The molecule has 0 bridgehead atoms. The molecule has 0 N–H and O–H groups in total. The van der Waals surface area contributed by atoms with Gasteiger partial charge in [-0.25, -0.2) is 17.7 Å². The van der Waals surface area contributed by atoms with Crippen LogP contribution in [0.25, 0.3) is 0 Å². The molecule has 1 fully saturated rings. The normalized spacial score (nSPS) is 17.2. The van der Waals surface area contributed by atoms with Crippen LogP contribution in [0.4, 0.5) is 10.1 Å². The topological polar surface area (TPSA) is 93.2 Å². The van der Waals surface area contributed by atoms with Crippen LogP contribution in [0.2, 0.25) is 0 Å². The number of hydrogen-bond donors (Lipinski definition) is 0. The summed E-state index contributed by atoms with van der Waals surface area (Å²) in [7, 11) is -1.52. The lowest BCUT2D eigenvalue weighted by molar-refractivity contribution is -0.125. The molecule has 1 saturated heterocycles. The highest BCUT2D eigenvalue weighted by Crippen LogP contribution is 2.30. The highest BCUT2D eigenvalue weighted by molar-refractivity contribution is 9.10. The van der Waals surface area contributed by atoms with Gasteiger partial charge in [0.25, 0.3) is 5.91 Å². The maximum Gasteiger partial charge on any atom is 0.252 e. The fraction of sp³-hybridized carbons (Fsp3) is 0.300. The highest BCUT2D eigenvalue weighted by Gasteiger charge is 2.47. The fourth-order valence-corrected chi connectivity index (χ4v) is 5.06. The molecule has 0 radical (unpaired) electrons. The van der Waals surface area contributed by atoms with Crippen molar-refractivity contribution in [2.75, 3.05) is 25.7 Å². The molecule has 1 heterocycles. The van der Waals surface area contributed by atoms with Gasteiger partial charge < -0.3 is 9.47 Å². The standard InChI is InChI=1S/C20H20BrFN2O6S/c1-29-19(30-2)12-23(31(27,28)16-9-3-13(21)4-10-16)17-11-18(25)24(20(17)26)15-7-5-14(22)6-8-15/h3-10,17,19H,11-12H2,1-2H3. The first kappa shape index (κ1) is 23.5. The van der Waals surface area contributed by atoms with Crippen molar-refractivity contribution in [1.29, 1.82) is 0 Å². The summed E-state index contributed by atoms with van der Waals surface area (Å²) in [5.74, 6) is -1.85. The highest BCUT2D eigenvalue weighted by atomic mass is 79.9. The van der Waals surface area contributed by atoms with Crippen molar-refractivity contribution in [2.24, 2.45) is 0 Å². The minimum Gasteiger partial charge on any atom is -0.354 e. The second kappa shape index (κ2) is 9.53. The van der Waals surface area contributed by atoms with Crippen LogP contribution in [0.1, 0.15) is 6.42 Å². The molecule has 1 aliphatic rings. The molecule has 1 unspecified atom stereocenters. The lowest BCUT2D eigenvalue weighted by Gasteiger charge is -2.29. The molecule has 0 spiro atoms. The van der Waals surface area contributed by atoms with Crippen molar-refractivity contribution in [3.05, 3.63) is 58.8 Å². The average Bonchev–Trinajstić information content (AvgIpc) is 3.03. The molecule has 31 heavy (non-hydrogen) atoms. The number of anilines is 1. The van der Waals surface area contributed by atoms with E-state index >= 15 is 0 Å². The Labute approximate surface area is 187 Å². The van der Waals surface area contributed by atoms with Crippen molar-refractivity contribution in [3.8, 4) is 0 Å². The van der Waals surface area contributed by atoms with Crippen LogP contribution in [0.3, 0.4) is 0 Å². The number of imide groups is 1.